The second-order valence-electron chi connectivity index (χ2n) is 5.38. The molecule has 1 atom stereocenters. The Balaban J connectivity index is 3.12. The molecule has 118 valence electrons. The third-order valence-corrected chi connectivity index (χ3v) is 3.58. The van der Waals surface area contributed by atoms with Gasteiger partial charge >= 0.3 is 0 Å². The van der Waals surface area contributed by atoms with Gasteiger partial charge in [0.05, 0.1) is 11.0 Å². The first-order valence-corrected chi connectivity index (χ1v) is 7.72. The molecular formula is C16H26N2O3. The first-order valence-electron chi connectivity index (χ1n) is 7.72. The minimum absolute atomic E-state index is 0.0839. The Bertz CT molecular complexity index is 453. The Kier molecular flexibility index (Phi) is 7.15. The minimum atomic E-state index is -0.697. The van der Waals surface area contributed by atoms with Gasteiger partial charge in [-0.05, 0) is 31.4 Å². The fourth-order valence-electron chi connectivity index (χ4n) is 2.26. The summed E-state index contributed by atoms with van der Waals surface area (Å²) in [4.78, 5) is 13.1. The lowest BCUT2D eigenvalue weighted by atomic mass is 10.1. The molecule has 0 saturated heterocycles. The highest BCUT2D eigenvalue weighted by atomic mass is 16.6. The van der Waals surface area contributed by atoms with Gasteiger partial charge < -0.3 is 10.0 Å². The van der Waals surface area contributed by atoms with E-state index in [2.05, 4.69) is 18.7 Å². The van der Waals surface area contributed by atoms with Crippen LogP contribution in [-0.4, -0.2) is 23.1 Å². The van der Waals surface area contributed by atoms with Crippen LogP contribution in [0.3, 0.4) is 0 Å². The van der Waals surface area contributed by atoms with Crippen molar-refractivity contribution in [2.24, 2.45) is 0 Å². The van der Waals surface area contributed by atoms with Crippen molar-refractivity contribution in [3.63, 3.8) is 0 Å². The molecule has 0 aliphatic carbocycles. The Hall–Kier alpha value is -1.62. The van der Waals surface area contributed by atoms with Crippen LogP contribution in [0.15, 0.2) is 18.2 Å². The first kappa shape index (κ1) is 17.4. The molecule has 1 N–H and O–H groups in total. The maximum atomic E-state index is 11.3. The molecule has 0 radical (unpaired) electrons. The summed E-state index contributed by atoms with van der Waals surface area (Å²) in [5.41, 5.74) is 1.32. The number of aliphatic hydroxyl groups excluding tert-OH is 1. The SMILES string of the molecule is CCCCN(CCCC)c1ccc([C@H](C)O)cc1[N+](=O)[O-]. The molecule has 0 aliphatic rings. The molecule has 0 aliphatic heterocycles. The van der Waals surface area contributed by atoms with E-state index in [0.717, 1.165) is 38.8 Å². The Morgan fingerprint density at radius 1 is 1.24 bits per heavy atom. The summed E-state index contributed by atoms with van der Waals surface area (Å²) < 4.78 is 0. The summed E-state index contributed by atoms with van der Waals surface area (Å²) in [6, 6.07) is 5.04. The van der Waals surface area contributed by atoms with Crippen LogP contribution in [0.2, 0.25) is 0 Å². The van der Waals surface area contributed by atoms with Gasteiger partial charge in [0, 0.05) is 19.2 Å². The van der Waals surface area contributed by atoms with E-state index in [1.807, 2.05) is 0 Å². The van der Waals surface area contributed by atoms with E-state index in [9.17, 15) is 15.2 Å². The summed E-state index contributed by atoms with van der Waals surface area (Å²) in [6.07, 6.45) is 3.44. The molecule has 0 saturated carbocycles. The lowest BCUT2D eigenvalue weighted by Gasteiger charge is -2.24. The maximum absolute atomic E-state index is 11.3. The lowest BCUT2D eigenvalue weighted by Crippen LogP contribution is -2.26. The van der Waals surface area contributed by atoms with Gasteiger partial charge in [-0.3, -0.25) is 10.1 Å². The van der Waals surface area contributed by atoms with Gasteiger partial charge in [-0.15, -0.1) is 0 Å². The van der Waals surface area contributed by atoms with Crippen molar-refractivity contribution in [1.29, 1.82) is 0 Å². The van der Waals surface area contributed by atoms with Crippen LogP contribution in [0.1, 0.15) is 58.1 Å². The highest BCUT2D eigenvalue weighted by molar-refractivity contribution is 5.64. The molecular weight excluding hydrogens is 268 g/mol. The molecule has 0 heterocycles. The number of hydrogen-bond donors (Lipinski definition) is 1. The minimum Gasteiger partial charge on any atom is -0.389 e. The van der Waals surface area contributed by atoms with Gasteiger partial charge in [-0.1, -0.05) is 32.8 Å². The zero-order valence-corrected chi connectivity index (χ0v) is 13.2. The second kappa shape index (κ2) is 8.62. The summed E-state index contributed by atoms with van der Waals surface area (Å²) in [5, 5.41) is 21.0. The molecule has 5 heteroatoms. The Morgan fingerprint density at radius 2 is 1.81 bits per heavy atom. The quantitative estimate of drug-likeness (QED) is 0.551. The van der Waals surface area contributed by atoms with Gasteiger partial charge in [0.25, 0.3) is 5.69 Å². The van der Waals surface area contributed by atoms with E-state index in [0.29, 0.717) is 11.3 Å². The zero-order valence-electron chi connectivity index (χ0n) is 13.2. The van der Waals surface area contributed by atoms with Crippen LogP contribution in [0.4, 0.5) is 11.4 Å². The molecule has 1 aromatic rings. The number of nitro benzene ring substituents is 1. The van der Waals surface area contributed by atoms with Crippen LogP contribution in [-0.2, 0) is 0 Å². The van der Waals surface area contributed by atoms with Crippen molar-refractivity contribution in [3.8, 4) is 0 Å². The Morgan fingerprint density at radius 3 is 2.24 bits per heavy atom. The van der Waals surface area contributed by atoms with Crippen molar-refractivity contribution >= 4 is 11.4 Å². The monoisotopic (exact) mass is 294 g/mol. The summed E-state index contributed by atoms with van der Waals surface area (Å²) in [7, 11) is 0. The number of hydrogen-bond acceptors (Lipinski definition) is 4. The van der Waals surface area contributed by atoms with E-state index in [4.69, 9.17) is 0 Å². The first-order chi connectivity index (χ1) is 10.0. The predicted molar refractivity (Wildman–Crippen MR) is 85.8 cm³/mol. The summed E-state index contributed by atoms with van der Waals surface area (Å²) in [5.74, 6) is 0. The van der Waals surface area contributed by atoms with E-state index < -0.39 is 6.10 Å². The molecule has 21 heavy (non-hydrogen) atoms. The van der Waals surface area contributed by atoms with Gasteiger partial charge in [0.1, 0.15) is 5.69 Å². The maximum Gasteiger partial charge on any atom is 0.292 e. The molecule has 1 aromatic carbocycles. The van der Waals surface area contributed by atoms with Gasteiger partial charge in [0.15, 0.2) is 0 Å². The third kappa shape index (κ3) is 5.01. The van der Waals surface area contributed by atoms with E-state index in [1.165, 1.54) is 6.07 Å². The number of anilines is 1. The molecule has 5 nitrogen and oxygen atoms in total. The average Bonchev–Trinajstić information content (AvgIpc) is 2.46. The normalized spacial score (nSPS) is 12.2. The lowest BCUT2D eigenvalue weighted by molar-refractivity contribution is -0.384. The van der Waals surface area contributed by atoms with Crippen molar-refractivity contribution in [2.45, 2.75) is 52.6 Å². The van der Waals surface area contributed by atoms with Crippen LogP contribution < -0.4 is 4.90 Å². The molecule has 0 bridgehead atoms. The molecule has 0 spiro atoms. The number of benzene rings is 1. The van der Waals surface area contributed by atoms with E-state index >= 15 is 0 Å². The van der Waals surface area contributed by atoms with Crippen molar-refractivity contribution in [2.75, 3.05) is 18.0 Å². The standard InChI is InChI=1S/C16H26N2O3/c1-4-6-10-17(11-7-5-2)15-9-8-14(13(3)19)12-16(15)18(20)21/h8-9,12-13,19H,4-7,10-11H2,1-3H3/t13-/m0/s1. The van der Waals surface area contributed by atoms with Crippen LogP contribution in [0.5, 0.6) is 0 Å². The zero-order chi connectivity index (χ0) is 15.8. The highest BCUT2D eigenvalue weighted by Gasteiger charge is 2.20. The van der Waals surface area contributed by atoms with Crippen LogP contribution in [0, 0.1) is 10.1 Å². The fraction of sp³-hybridized carbons (Fsp3) is 0.625. The van der Waals surface area contributed by atoms with Gasteiger partial charge in [0.2, 0.25) is 0 Å². The molecule has 0 fully saturated rings. The molecule has 0 unspecified atom stereocenters. The topological polar surface area (TPSA) is 66.6 Å². The summed E-state index contributed by atoms with van der Waals surface area (Å²) >= 11 is 0. The largest absolute Gasteiger partial charge is 0.389 e. The second-order valence-corrected chi connectivity index (χ2v) is 5.38. The van der Waals surface area contributed by atoms with E-state index in [1.54, 1.807) is 19.1 Å². The molecule has 0 amide bonds. The van der Waals surface area contributed by atoms with Crippen molar-refractivity contribution in [1.82, 2.24) is 0 Å². The highest BCUT2D eigenvalue weighted by Crippen LogP contribution is 2.31. The molecule has 1 rings (SSSR count). The van der Waals surface area contributed by atoms with Gasteiger partial charge in [-0.25, -0.2) is 0 Å². The van der Waals surface area contributed by atoms with E-state index in [-0.39, 0.29) is 10.6 Å². The number of nitro groups is 1. The van der Waals surface area contributed by atoms with Crippen LogP contribution in [0.25, 0.3) is 0 Å². The number of nitrogens with zero attached hydrogens (tertiary/aromatic N) is 2. The van der Waals surface area contributed by atoms with Crippen molar-refractivity contribution in [3.05, 3.63) is 33.9 Å². The fourth-order valence-corrected chi connectivity index (χ4v) is 2.26. The third-order valence-electron chi connectivity index (χ3n) is 3.58. The van der Waals surface area contributed by atoms with Gasteiger partial charge in [-0.2, -0.15) is 0 Å². The smallest absolute Gasteiger partial charge is 0.292 e. The average molecular weight is 294 g/mol. The summed E-state index contributed by atoms with van der Waals surface area (Å²) in [6.45, 7) is 7.49. The molecule has 0 aromatic heterocycles. The number of rotatable bonds is 9. The number of unbranched alkanes of at least 4 members (excludes halogenated alkanes) is 2. The Labute approximate surface area is 126 Å². The predicted octanol–water partition coefficient (Wildman–Crippen LogP) is 4.05. The van der Waals surface area contributed by atoms with Crippen molar-refractivity contribution < 1.29 is 10.0 Å². The van der Waals surface area contributed by atoms with Crippen LogP contribution >= 0.6 is 0 Å². The number of aliphatic hydroxyl groups is 1.